The average Bonchev–Trinajstić information content (AvgIpc) is 3.07. The zero-order valence-electron chi connectivity index (χ0n) is 16.4. The van der Waals surface area contributed by atoms with Crippen LogP contribution in [0.5, 0.6) is 0 Å². The van der Waals surface area contributed by atoms with E-state index in [1.54, 1.807) is 66.2 Å². The number of halogens is 1. The van der Waals surface area contributed by atoms with Crippen LogP contribution in [0.2, 0.25) is 5.02 Å². The van der Waals surface area contributed by atoms with E-state index in [9.17, 15) is 13.2 Å². The van der Waals surface area contributed by atoms with Gasteiger partial charge in [0.15, 0.2) is 15.0 Å². The van der Waals surface area contributed by atoms with Crippen LogP contribution < -0.4 is 5.32 Å². The normalized spacial score (nSPS) is 12.5. The molecule has 0 spiro atoms. The molecule has 0 saturated heterocycles. The summed E-state index contributed by atoms with van der Waals surface area (Å²) < 4.78 is 26.8. The van der Waals surface area contributed by atoms with E-state index in [4.69, 9.17) is 11.6 Å². The summed E-state index contributed by atoms with van der Waals surface area (Å²) in [6, 6.07) is 15.1. The highest BCUT2D eigenvalue weighted by Crippen LogP contribution is 2.26. The molecule has 1 unspecified atom stereocenters. The summed E-state index contributed by atoms with van der Waals surface area (Å²) in [5.41, 5.74) is 0.649. The Labute approximate surface area is 184 Å². The van der Waals surface area contributed by atoms with Crippen molar-refractivity contribution in [3.8, 4) is 0 Å². The quantitative estimate of drug-likeness (QED) is 0.507. The van der Waals surface area contributed by atoms with Crippen molar-refractivity contribution in [1.82, 2.24) is 14.8 Å². The van der Waals surface area contributed by atoms with Crippen LogP contribution in [0.1, 0.15) is 19.2 Å². The van der Waals surface area contributed by atoms with Gasteiger partial charge in [0.1, 0.15) is 11.6 Å². The molecular weight excluding hydrogens is 444 g/mol. The Bertz CT molecular complexity index is 1120. The van der Waals surface area contributed by atoms with Gasteiger partial charge in [0.25, 0.3) is 0 Å². The van der Waals surface area contributed by atoms with Crippen molar-refractivity contribution < 1.29 is 13.2 Å². The summed E-state index contributed by atoms with van der Waals surface area (Å²) in [5.74, 6) is -0.130. The van der Waals surface area contributed by atoms with Crippen molar-refractivity contribution in [1.29, 1.82) is 0 Å². The summed E-state index contributed by atoms with van der Waals surface area (Å²) >= 11 is 7.12. The molecule has 3 aromatic rings. The topological polar surface area (TPSA) is 93.9 Å². The third-order valence-corrected chi connectivity index (χ3v) is 7.65. The van der Waals surface area contributed by atoms with Gasteiger partial charge in [-0.3, -0.25) is 4.79 Å². The first-order valence-electron chi connectivity index (χ1n) is 9.19. The number of amides is 1. The molecule has 0 saturated carbocycles. The van der Waals surface area contributed by atoms with Gasteiger partial charge in [-0.1, -0.05) is 48.5 Å². The first kappa shape index (κ1) is 22.3. The predicted molar refractivity (Wildman–Crippen MR) is 118 cm³/mol. The Morgan fingerprint density at radius 1 is 1.13 bits per heavy atom. The molecule has 1 aromatic heterocycles. The van der Waals surface area contributed by atoms with Gasteiger partial charge in [0.2, 0.25) is 5.91 Å². The van der Waals surface area contributed by atoms with Gasteiger partial charge < -0.3 is 9.88 Å². The molecule has 0 radical (unpaired) electrons. The number of sulfone groups is 1. The maximum absolute atomic E-state index is 12.6. The molecule has 10 heteroatoms. The number of rotatable bonds is 8. The summed E-state index contributed by atoms with van der Waals surface area (Å²) in [5, 5.41) is 11.6. The fourth-order valence-electron chi connectivity index (χ4n) is 2.66. The molecular formula is C20H21ClN4O3S2. The molecule has 1 heterocycles. The fourth-order valence-corrected chi connectivity index (χ4v) is 5.05. The van der Waals surface area contributed by atoms with Crippen molar-refractivity contribution in [2.24, 2.45) is 7.05 Å². The minimum atomic E-state index is -3.54. The Hall–Kier alpha value is -2.36. The molecule has 0 bridgehead atoms. The maximum atomic E-state index is 12.6. The number of thioether (sulfide) groups is 1. The van der Waals surface area contributed by atoms with Gasteiger partial charge in [-0.05, 0) is 42.8 Å². The van der Waals surface area contributed by atoms with Crippen molar-refractivity contribution in [2.45, 2.75) is 34.4 Å². The molecule has 2 aromatic carbocycles. The van der Waals surface area contributed by atoms with E-state index in [0.717, 1.165) is 0 Å². The highest BCUT2D eigenvalue weighted by atomic mass is 35.5. The van der Waals surface area contributed by atoms with Crippen LogP contribution in [-0.2, 0) is 27.4 Å². The van der Waals surface area contributed by atoms with Gasteiger partial charge in [-0.25, -0.2) is 8.42 Å². The van der Waals surface area contributed by atoms with Crippen LogP contribution in [0.25, 0.3) is 0 Å². The molecule has 0 fully saturated rings. The summed E-state index contributed by atoms with van der Waals surface area (Å²) in [7, 11) is -1.84. The summed E-state index contributed by atoms with van der Waals surface area (Å²) in [6.45, 7) is 1.90. The average molecular weight is 465 g/mol. The van der Waals surface area contributed by atoms with Crippen LogP contribution >= 0.6 is 23.4 Å². The molecule has 158 valence electrons. The molecule has 0 aliphatic rings. The van der Waals surface area contributed by atoms with Gasteiger partial charge in [0.05, 0.1) is 10.1 Å². The summed E-state index contributed by atoms with van der Waals surface area (Å²) in [6.07, 6.45) is 0.564. The number of nitrogens with zero attached hydrogens (tertiary/aromatic N) is 3. The van der Waals surface area contributed by atoms with Crippen LogP contribution in [0.4, 0.5) is 5.69 Å². The van der Waals surface area contributed by atoms with Gasteiger partial charge in [0, 0.05) is 17.8 Å². The van der Waals surface area contributed by atoms with E-state index < -0.39 is 15.1 Å². The van der Waals surface area contributed by atoms with E-state index in [-0.39, 0.29) is 16.6 Å². The van der Waals surface area contributed by atoms with Gasteiger partial charge >= 0.3 is 0 Å². The molecule has 7 nitrogen and oxygen atoms in total. The van der Waals surface area contributed by atoms with Crippen LogP contribution in [0.3, 0.4) is 0 Å². The zero-order valence-corrected chi connectivity index (χ0v) is 18.8. The first-order valence-corrected chi connectivity index (χ1v) is 12.1. The standard InChI is InChI=1S/C20H21ClN4O3S2/c1-3-17(19(26)22-15-11-9-14(21)10-12-15)29-20-24-23-18(25(20)2)13-30(27,28)16-7-5-4-6-8-16/h4-12,17H,3,13H2,1-2H3,(H,22,26). The van der Waals surface area contributed by atoms with E-state index in [1.165, 1.54) is 11.8 Å². The number of aromatic nitrogens is 3. The van der Waals surface area contributed by atoms with E-state index in [2.05, 4.69) is 15.5 Å². The number of anilines is 1. The lowest BCUT2D eigenvalue weighted by Crippen LogP contribution is -2.25. The number of nitrogens with one attached hydrogen (secondary N) is 1. The zero-order chi connectivity index (χ0) is 21.7. The van der Waals surface area contributed by atoms with Crippen LogP contribution in [0, 0.1) is 0 Å². The number of carbonyl (C=O) groups excluding carboxylic acids is 1. The van der Waals surface area contributed by atoms with Crippen molar-refractivity contribution in [3.63, 3.8) is 0 Å². The molecule has 1 N–H and O–H groups in total. The SMILES string of the molecule is CCC(Sc1nnc(CS(=O)(=O)c2ccccc2)n1C)C(=O)Nc1ccc(Cl)cc1. The monoisotopic (exact) mass is 464 g/mol. The van der Waals surface area contributed by atoms with E-state index >= 15 is 0 Å². The third-order valence-electron chi connectivity index (χ3n) is 4.37. The Balaban J connectivity index is 1.71. The van der Waals surface area contributed by atoms with Gasteiger partial charge in [-0.15, -0.1) is 10.2 Å². The molecule has 1 atom stereocenters. The maximum Gasteiger partial charge on any atom is 0.237 e. The number of hydrogen-bond donors (Lipinski definition) is 1. The Morgan fingerprint density at radius 3 is 2.43 bits per heavy atom. The molecule has 0 aliphatic carbocycles. The smallest absolute Gasteiger partial charge is 0.237 e. The van der Waals surface area contributed by atoms with Gasteiger partial charge in [-0.2, -0.15) is 0 Å². The molecule has 1 amide bonds. The lowest BCUT2D eigenvalue weighted by atomic mass is 10.3. The first-order chi connectivity index (χ1) is 14.3. The predicted octanol–water partition coefficient (Wildman–Crippen LogP) is 3.95. The minimum Gasteiger partial charge on any atom is -0.325 e. The molecule has 0 aliphatic heterocycles. The van der Waals surface area contributed by atoms with Crippen LogP contribution in [0.15, 0.2) is 64.6 Å². The lowest BCUT2D eigenvalue weighted by Gasteiger charge is -2.14. The molecule has 3 rings (SSSR count). The number of carbonyl (C=O) groups is 1. The lowest BCUT2D eigenvalue weighted by molar-refractivity contribution is -0.115. The third kappa shape index (κ3) is 5.41. The minimum absolute atomic E-state index is 0.175. The molecule has 30 heavy (non-hydrogen) atoms. The van der Waals surface area contributed by atoms with Crippen LogP contribution in [-0.4, -0.2) is 34.3 Å². The number of hydrogen-bond acceptors (Lipinski definition) is 6. The van der Waals surface area contributed by atoms with Crippen molar-refractivity contribution in [3.05, 3.63) is 65.4 Å². The highest BCUT2D eigenvalue weighted by molar-refractivity contribution is 8.00. The Morgan fingerprint density at radius 2 is 1.80 bits per heavy atom. The summed E-state index contributed by atoms with van der Waals surface area (Å²) in [4.78, 5) is 12.9. The van der Waals surface area contributed by atoms with E-state index in [0.29, 0.717) is 28.1 Å². The largest absolute Gasteiger partial charge is 0.325 e. The highest BCUT2D eigenvalue weighted by Gasteiger charge is 2.24. The van der Waals surface area contributed by atoms with Crippen molar-refractivity contribution in [2.75, 3.05) is 5.32 Å². The Kier molecular flexibility index (Phi) is 7.17. The fraction of sp³-hybridized carbons (Fsp3) is 0.250. The van der Waals surface area contributed by atoms with E-state index in [1.807, 2.05) is 6.92 Å². The second kappa shape index (κ2) is 9.63. The second-order valence-corrected chi connectivity index (χ2v) is 10.1. The van der Waals surface area contributed by atoms with Crippen molar-refractivity contribution >= 4 is 44.8 Å². The number of benzene rings is 2. The second-order valence-electron chi connectivity index (χ2n) is 6.54.